The zero-order valence-corrected chi connectivity index (χ0v) is 5.05. The number of nitrogens with two attached hydrogens (primary N) is 1. The van der Waals surface area contributed by atoms with Crippen LogP contribution in [0.2, 0.25) is 0 Å². The van der Waals surface area contributed by atoms with Crippen molar-refractivity contribution in [2.45, 2.75) is 19.8 Å². The molecule has 0 radical (unpaired) electrons. The van der Waals surface area contributed by atoms with Crippen LogP contribution in [-0.2, 0) is 4.79 Å². The Morgan fingerprint density at radius 2 is 2.50 bits per heavy atom. The summed E-state index contributed by atoms with van der Waals surface area (Å²) in [7, 11) is 0. The van der Waals surface area contributed by atoms with Gasteiger partial charge < -0.3 is 5.73 Å². The lowest BCUT2D eigenvalue weighted by Gasteiger charge is -1.86. The zero-order valence-electron chi connectivity index (χ0n) is 5.05. The van der Waals surface area contributed by atoms with Crippen molar-refractivity contribution in [2.24, 2.45) is 17.6 Å². The quantitative estimate of drug-likeness (QED) is 0.557. The lowest BCUT2D eigenvalue weighted by Crippen LogP contribution is -2.13. The van der Waals surface area contributed by atoms with Crippen LogP contribution >= 0.6 is 0 Å². The normalized spacial score (nSPS) is 34.6. The second kappa shape index (κ2) is 1.77. The molecule has 1 unspecified atom stereocenters. The summed E-state index contributed by atoms with van der Waals surface area (Å²) in [5, 5.41) is 0. The Balaban J connectivity index is 2.26. The van der Waals surface area contributed by atoms with E-state index in [0.717, 1.165) is 12.8 Å². The molecule has 0 aromatic carbocycles. The Kier molecular flexibility index (Phi) is 1.24. The average molecular weight is 113 g/mol. The van der Waals surface area contributed by atoms with Gasteiger partial charge in [-0.15, -0.1) is 0 Å². The van der Waals surface area contributed by atoms with Gasteiger partial charge in [0.15, 0.2) is 0 Å². The van der Waals surface area contributed by atoms with Crippen LogP contribution in [-0.4, -0.2) is 5.91 Å². The van der Waals surface area contributed by atoms with E-state index in [-0.39, 0.29) is 11.8 Å². The van der Waals surface area contributed by atoms with Gasteiger partial charge in [0.25, 0.3) is 0 Å². The molecule has 1 amide bonds. The maximum absolute atomic E-state index is 10.4. The fraction of sp³-hybridized carbons (Fsp3) is 0.833. The molecule has 2 heteroatoms. The van der Waals surface area contributed by atoms with Gasteiger partial charge in [-0.2, -0.15) is 0 Å². The fourth-order valence-corrected chi connectivity index (χ4v) is 1.05. The minimum atomic E-state index is -0.114. The van der Waals surface area contributed by atoms with Gasteiger partial charge in [-0.3, -0.25) is 4.79 Å². The van der Waals surface area contributed by atoms with Gasteiger partial charge in [-0.25, -0.2) is 0 Å². The molecule has 0 spiro atoms. The Hall–Kier alpha value is -0.530. The minimum absolute atomic E-state index is 0.114. The molecule has 0 aromatic rings. The highest BCUT2D eigenvalue weighted by Crippen LogP contribution is 2.40. The monoisotopic (exact) mass is 113 g/mol. The van der Waals surface area contributed by atoms with Crippen LogP contribution in [0.5, 0.6) is 0 Å². The molecule has 2 N–H and O–H groups in total. The van der Waals surface area contributed by atoms with Gasteiger partial charge in [-0.05, 0) is 12.3 Å². The van der Waals surface area contributed by atoms with E-state index in [2.05, 4.69) is 6.92 Å². The number of hydrogen-bond donors (Lipinski definition) is 1. The van der Waals surface area contributed by atoms with Crippen molar-refractivity contribution in [1.29, 1.82) is 0 Å². The molecule has 2 nitrogen and oxygen atoms in total. The Morgan fingerprint density at radius 3 is 2.62 bits per heavy atom. The molecule has 1 aliphatic carbocycles. The third-order valence-electron chi connectivity index (χ3n) is 1.81. The first-order valence-corrected chi connectivity index (χ1v) is 3.05. The Morgan fingerprint density at radius 1 is 1.88 bits per heavy atom. The highest BCUT2D eigenvalue weighted by atomic mass is 16.1. The van der Waals surface area contributed by atoms with Crippen molar-refractivity contribution >= 4 is 5.91 Å². The molecule has 0 bridgehead atoms. The molecule has 0 heterocycles. The molecule has 0 aromatic heterocycles. The first kappa shape index (κ1) is 5.60. The van der Waals surface area contributed by atoms with E-state index in [1.54, 1.807) is 0 Å². The van der Waals surface area contributed by atoms with E-state index in [1.807, 2.05) is 0 Å². The summed E-state index contributed by atoms with van der Waals surface area (Å²) in [6.45, 7) is 2.09. The SMILES string of the molecule is CC[C@@H]1CC1C(N)=O. The van der Waals surface area contributed by atoms with E-state index in [9.17, 15) is 4.79 Å². The lowest BCUT2D eigenvalue weighted by atomic mass is 10.2. The standard InChI is InChI=1S/C6H11NO/c1-2-4-3-5(4)6(7)8/h4-5H,2-3H2,1H3,(H2,7,8)/t4-,5?/m1/s1. The summed E-state index contributed by atoms with van der Waals surface area (Å²) in [4.78, 5) is 10.4. The van der Waals surface area contributed by atoms with Gasteiger partial charge in [0.05, 0.1) is 0 Å². The number of rotatable bonds is 2. The number of carbonyl (C=O) groups is 1. The summed E-state index contributed by atoms with van der Waals surface area (Å²) >= 11 is 0. The molecule has 46 valence electrons. The second-order valence-corrected chi connectivity index (χ2v) is 2.41. The summed E-state index contributed by atoms with van der Waals surface area (Å²) in [6, 6.07) is 0. The number of carbonyl (C=O) groups excluding carboxylic acids is 1. The van der Waals surface area contributed by atoms with Crippen LogP contribution in [0.3, 0.4) is 0 Å². The molecule has 1 rings (SSSR count). The molecule has 0 aliphatic heterocycles. The highest BCUT2D eigenvalue weighted by Gasteiger charge is 2.39. The van der Waals surface area contributed by atoms with Crippen LogP contribution in [0.15, 0.2) is 0 Å². The third-order valence-corrected chi connectivity index (χ3v) is 1.81. The summed E-state index contributed by atoms with van der Waals surface area (Å²) in [5.74, 6) is 0.726. The average Bonchev–Trinajstić information content (AvgIpc) is 2.42. The van der Waals surface area contributed by atoms with E-state index in [1.165, 1.54) is 0 Å². The van der Waals surface area contributed by atoms with Gasteiger partial charge in [0.2, 0.25) is 5.91 Å². The van der Waals surface area contributed by atoms with Gasteiger partial charge in [-0.1, -0.05) is 13.3 Å². The first-order chi connectivity index (χ1) is 3.75. The molecule has 0 saturated heterocycles. The smallest absolute Gasteiger partial charge is 0.220 e. The molecule has 8 heavy (non-hydrogen) atoms. The zero-order chi connectivity index (χ0) is 6.15. The van der Waals surface area contributed by atoms with Crippen LogP contribution < -0.4 is 5.73 Å². The Bertz CT molecular complexity index is 111. The predicted molar refractivity (Wildman–Crippen MR) is 31.1 cm³/mol. The van der Waals surface area contributed by atoms with Crippen LogP contribution in [0.1, 0.15) is 19.8 Å². The molecular weight excluding hydrogens is 102 g/mol. The fourth-order valence-electron chi connectivity index (χ4n) is 1.05. The summed E-state index contributed by atoms with van der Waals surface area (Å²) in [6.07, 6.45) is 2.14. The summed E-state index contributed by atoms with van der Waals surface area (Å²) < 4.78 is 0. The van der Waals surface area contributed by atoms with E-state index in [4.69, 9.17) is 5.73 Å². The van der Waals surface area contributed by atoms with Crippen LogP contribution in [0.4, 0.5) is 0 Å². The van der Waals surface area contributed by atoms with Crippen molar-refractivity contribution in [3.8, 4) is 0 Å². The van der Waals surface area contributed by atoms with Crippen molar-refractivity contribution in [1.82, 2.24) is 0 Å². The molecule has 1 saturated carbocycles. The topological polar surface area (TPSA) is 43.1 Å². The van der Waals surface area contributed by atoms with E-state index in [0.29, 0.717) is 5.92 Å². The van der Waals surface area contributed by atoms with Crippen molar-refractivity contribution < 1.29 is 4.79 Å². The minimum Gasteiger partial charge on any atom is -0.369 e. The van der Waals surface area contributed by atoms with Crippen molar-refractivity contribution in [3.05, 3.63) is 0 Å². The molecule has 2 atom stereocenters. The van der Waals surface area contributed by atoms with Gasteiger partial charge in [0, 0.05) is 5.92 Å². The number of hydrogen-bond acceptors (Lipinski definition) is 1. The highest BCUT2D eigenvalue weighted by molar-refractivity contribution is 5.79. The van der Waals surface area contributed by atoms with Crippen LogP contribution in [0, 0.1) is 11.8 Å². The lowest BCUT2D eigenvalue weighted by molar-refractivity contribution is -0.119. The first-order valence-electron chi connectivity index (χ1n) is 3.05. The summed E-state index contributed by atoms with van der Waals surface area (Å²) in [5.41, 5.74) is 5.02. The third kappa shape index (κ3) is 0.831. The second-order valence-electron chi connectivity index (χ2n) is 2.41. The van der Waals surface area contributed by atoms with E-state index >= 15 is 0 Å². The van der Waals surface area contributed by atoms with Crippen LogP contribution in [0.25, 0.3) is 0 Å². The van der Waals surface area contributed by atoms with Gasteiger partial charge in [0.1, 0.15) is 0 Å². The van der Waals surface area contributed by atoms with Crippen molar-refractivity contribution in [2.75, 3.05) is 0 Å². The maximum Gasteiger partial charge on any atom is 0.220 e. The molecular formula is C6H11NO. The van der Waals surface area contributed by atoms with Gasteiger partial charge >= 0.3 is 0 Å². The number of primary amides is 1. The maximum atomic E-state index is 10.4. The molecule has 1 fully saturated rings. The largest absolute Gasteiger partial charge is 0.369 e. The van der Waals surface area contributed by atoms with E-state index < -0.39 is 0 Å². The Labute approximate surface area is 49.1 Å². The number of amides is 1. The molecule has 1 aliphatic rings. The predicted octanol–water partition coefficient (Wildman–Crippen LogP) is 0.518. The van der Waals surface area contributed by atoms with Crippen molar-refractivity contribution in [3.63, 3.8) is 0 Å².